The average Bonchev–Trinajstić information content (AvgIpc) is 2.16. The van der Waals surface area contributed by atoms with E-state index in [1.54, 1.807) is 6.07 Å². The molecule has 0 unspecified atom stereocenters. The Morgan fingerprint density at radius 3 is 2.60 bits per heavy atom. The molecular weight excluding hydrogens is 277 g/mol. The van der Waals surface area contributed by atoms with Crippen molar-refractivity contribution in [2.75, 3.05) is 0 Å². The summed E-state index contributed by atoms with van der Waals surface area (Å²) in [5, 5.41) is 8.57. The van der Waals surface area contributed by atoms with Crippen molar-refractivity contribution in [1.82, 2.24) is 4.98 Å². The molecule has 3 nitrogen and oxygen atoms in total. The fourth-order valence-electron chi connectivity index (χ4n) is 0.864. The van der Waals surface area contributed by atoms with E-state index in [1.807, 2.05) is 0 Å². The first-order valence-electron chi connectivity index (χ1n) is 3.68. The molecule has 1 heterocycles. The number of hydrogen-bond acceptors (Lipinski definition) is 3. The maximum atomic E-state index is 11.9. The van der Waals surface area contributed by atoms with Crippen LogP contribution >= 0.6 is 15.9 Å². The Kier molecular flexibility index (Phi) is 3.52. The van der Waals surface area contributed by atoms with Gasteiger partial charge in [-0.3, -0.25) is 0 Å². The highest BCUT2D eigenvalue weighted by Gasteiger charge is 2.32. The summed E-state index contributed by atoms with van der Waals surface area (Å²) < 4.78 is 39.5. The molecule has 1 aromatic heterocycles. The largest absolute Gasteiger partial charge is 0.573 e. The van der Waals surface area contributed by atoms with E-state index in [9.17, 15) is 13.2 Å². The molecule has 0 aliphatic rings. The second-order valence-corrected chi connectivity index (χ2v) is 3.00. The minimum Gasteiger partial charge on any atom is -0.404 e. The topological polar surface area (TPSA) is 45.9 Å². The van der Waals surface area contributed by atoms with E-state index in [1.165, 1.54) is 0 Å². The van der Waals surface area contributed by atoms with Crippen LogP contribution in [-0.2, 0) is 5.33 Å². The molecule has 0 saturated heterocycles. The fraction of sp³-hybridized carbons (Fsp3) is 0.250. The number of aromatic nitrogens is 1. The molecule has 0 aliphatic heterocycles. The maximum absolute atomic E-state index is 11.9. The Bertz CT molecular complexity index is 400. The molecule has 1 aromatic rings. The van der Waals surface area contributed by atoms with Crippen LogP contribution in [0.15, 0.2) is 12.1 Å². The summed E-state index contributed by atoms with van der Waals surface area (Å²) in [4.78, 5) is 3.66. The van der Waals surface area contributed by atoms with Gasteiger partial charge in [-0.05, 0) is 12.1 Å². The summed E-state index contributed by atoms with van der Waals surface area (Å²) >= 11 is 2.96. The first kappa shape index (κ1) is 11.8. The summed E-state index contributed by atoms with van der Waals surface area (Å²) in [6, 6.07) is 3.95. The number of pyridine rings is 1. The molecule has 0 saturated carbocycles. The van der Waals surface area contributed by atoms with Crippen molar-refractivity contribution in [2.24, 2.45) is 0 Å². The van der Waals surface area contributed by atoms with E-state index < -0.39 is 12.1 Å². The Morgan fingerprint density at radius 2 is 2.13 bits per heavy atom. The normalized spacial score (nSPS) is 10.9. The lowest BCUT2D eigenvalue weighted by Crippen LogP contribution is -2.18. The van der Waals surface area contributed by atoms with Crippen molar-refractivity contribution in [3.05, 3.63) is 23.5 Å². The third-order valence-corrected chi connectivity index (χ3v) is 1.93. The zero-order chi connectivity index (χ0) is 11.5. The predicted molar refractivity (Wildman–Crippen MR) is 48.3 cm³/mol. The van der Waals surface area contributed by atoms with E-state index >= 15 is 0 Å². The van der Waals surface area contributed by atoms with Crippen LogP contribution in [0, 0.1) is 11.3 Å². The van der Waals surface area contributed by atoms with Crippen molar-refractivity contribution in [2.45, 2.75) is 11.7 Å². The van der Waals surface area contributed by atoms with Crippen LogP contribution in [-0.4, -0.2) is 11.3 Å². The Labute approximate surface area is 91.6 Å². The second-order valence-electron chi connectivity index (χ2n) is 2.43. The lowest BCUT2D eigenvalue weighted by molar-refractivity contribution is -0.275. The maximum Gasteiger partial charge on any atom is 0.573 e. The number of rotatable bonds is 2. The van der Waals surface area contributed by atoms with Gasteiger partial charge < -0.3 is 4.74 Å². The zero-order valence-electron chi connectivity index (χ0n) is 7.18. The highest BCUT2D eigenvalue weighted by molar-refractivity contribution is 9.08. The van der Waals surface area contributed by atoms with Gasteiger partial charge in [-0.25, -0.2) is 4.98 Å². The van der Waals surface area contributed by atoms with Crippen LogP contribution < -0.4 is 4.74 Å². The van der Waals surface area contributed by atoms with Crippen LogP contribution in [0.1, 0.15) is 11.4 Å². The molecule has 7 heteroatoms. The Morgan fingerprint density at radius 1 is 1.47 bits per heavy atom. The third-order valence-electron chi connectivity index (χ3n) is 1.40. The second kappa shape index (κ2) is 4.49. The smallest absolute Gasteiger partial charge is 0.404 e. The number of ether oxygens (including phenoxy) is 1. The number of nitriles is 1. The highest BCUT2D eigenvalue weighted by Crippen LogP contribution is 2.26. The molecule has 0 atom stereocenters. The van der Waals surface area contributed by atoms with Crippen LogP contribution in [0.25, 0.3) is 0 Å². The Balaban J connectivity index is 3.04. The van der Waals surface area contributed by atoms with Crippen molar-refractivity contribution < 1.29 is 17.9 Å². The van der Waals surface area contributed by atoms with Crippen LogP contribution in [0.5, 0.6) is 5.75 Å². The first-order chi connectivity index (χ1) is 6.96. The van der Waals surface area contributed by atoms with Gasteiger partial charge in [0.15, 0.2) is 5.75 Å². The van der Waals surface area contributed by atoms with Crippen LogP contribution in [0.4, 0.5) is 13.2 Å². The monoisotopic (exact) mass is 280 g/mol. The average molecular weight is 281 g/mol. The lowest BCUT2D eigenvalue weighted by atomic mass is 10.3. The predicted octanol–water partition coefficient (Wildman–Crippen LogP) is 2.75. The van der Waals surface area contributed by atoms with Gasteiger partial charge in [0.2, 0.25) is 0 Å². The van der Waals surface area contributed by atoms with E-state index in [0.717, 1.165) is 12.1 Å². The van der Waals surface area contributed by atoms with Crippen LogP contribution in [0.3, 0.4) is 0 Å². The number of alkyl halides is 4. The van der Waals surface area contributed by atoms with Gasteiger partial charge in [0.1, 0.15) is 11.8 Å². The van der Waals surface area contributed by atoms with Gasteiger partial charge in [0, 0.05) is 5.33 Å². The lowest BCUT2D eigenvalue weighted by Gasteiger charge is -2.11. The quantitative estimate of drug-likeness (QED) is 0.783. The van der Waals surface area contributed by atoms with Crippen LogP contribution in [0.2, 0.25) is 0 Å². The summed E-state index contributed by atoms with van der Waals surface area (Å²) in [6.07, 6.45) is -4.76. The molecule has 0 aromatic carbocycles. The van der Waals surface area contributed by atoms with E-state index in [4.69, 9.17) is 5.26 Å². The summed E-state index contributed by atoms with van der Waals surface area (Å²) in [5.74, 6) is -0.404. The van der Waals surface area contributed by atoms with Gasteiger partial charge in [-0.1, -0.05) is 15.9 Å². The van der Waals surface area contributed by atoms with Gasteiger partial charge in [0.25, 0.3) is 0 Å². The molecule has 0 radical (unpaired) electrons. The molecule has 80 valence electrons. The van der Waals surface area contributed by atoms with Crippen molar-refractivity contribution in [3.63, 3.8) is 0 Å². The third kappa shape index (κ3) is 3.40. The van der Waals surface area contributed by atoms with Crippen molar-refractivity contribution in [3.8, 4) is 11.8 Å². The molecule has 0 bridgehead atoms. The standard InChI is InChI=1S/C8H4BrF3N2O/c9-3-6-7(15-8(10,11)12)2-1-5(4-13)14-6/h1-2H,3H2. The summed E-state index contributed by atoms with van der Waals surface area (Å²) in [7, 11) is 0. The Hall–Kier alpha value is -1.29. The summed E-state index contributed by atoms with van der Waals surface area (Å²) in [6.45, 7) is 0. The van der Waals surface area contributed by atoms with Gasteiger partial charge >= 0.3 is 6.36 Å². The zero-order valence-corrected chi connectivity index (χ0v) is 8.76. The molecule has 0 amide bonds. The van der Waals surface area contributed by atoms with Gasteiger partial charge in [0.05, 0.1) is 5.69 Å². The van der Waals surface area contributed by atoms with E-state index in [0.29, 0.717) is 0 Å². The molecular formula is C8H4BrF3N2O. The number of nitrogens with zero attached hydrogens (tertiary/aromatic N) is 2. The minimum atomic E-state index is -4.76. The van der Waals surface area contributed by atoms with E-state index in [2.05, 4.69) is 25.7 Å². The highest BCUT2D eigenvalue weighted by atomic mass is 79.9. The van der Waals surface area contributed by atoms with Gasteiger partial charge in [-0.15, -0.1) is 13.2 Å². The SMILES string of the molecule is N#Cc1ccc(OC(F)(F)F)c(CBr)n1. The molecule has 15 heavy (non-hydrogen) atoms. The minimum absolute atomic E-state index is 0.0337. The molecule has 0 N–H and O–H groups in total. The molecule has 0 aliphatic carbocycles. The molecule has 0 spiro atoms. The van der Waals surface area contributed by atoms with Crippen molar-refractivity contribution >= 4 is 15.9 Å². The van der Waals surface area contributed by atoms with Gasteiger partial charge in [-0.2, -0.15) is 5.26 Å². The molecule has 0 fully saturated rings. The first-order valence-corrected chi connectivity index (χ1v) is 4.80. The number of hydrogen-bond donors (Lipinski definition) is 0. The van der Waals surface area contributed by atoms with Crippen molar-refractivity contribution in [1.29, 1.82) is 5.26 Å². The fourth-order valence-corrected chi connectivity index (χ4v) is 1.27. The number of halogens is 4. The molecule has 1 rings (SSSR count). The summed E-state index contributed by atoms with van der Waals surface area (Å²) in [5.41, 5.74) is 0.0744. The van der Waals surface area contributed by atoms with E-state index in [-0.39, 0.29) is 16.7 Å².